The largest absolute Gasteiger partial charge is 0.497 e. The number of ether oxygens (including phenoxy) is 1. The van der Waals surface area contributed by atoms with Crippen LogP contribution in [0.3, 0.4) is 0 Å². The van der Waals surface area contributed by atoms with Gasteiger partial charge in [0.25, 0.3) is 0 Å². The third-order valence-corrected chi connectivity index (χ3v) is 4.71. The predicted octanol–water partition coefficient (Wildman–Crippen LogP) is 3.30. The van der Waals surface area contributed by atoms with E-state index in [2.05, 4.69) is 10.1 Å². The molecule has 0 saturated carbocycles. The first-order valence-corrected chi connectivity index (χ1v) is 9.18. The van der Waals surface area contributed by atoms with Gasteiger partial charge in [0.1, 0.15) is 17.1 Å². The number of hydrogen-bond acceptors (Lipinski definition) is 5. The van der Waals surface area contributed by atoms with Crippen molar-refractivity contribution in [1.29, 1.82) is 0 Å². The highest BCUT2D eigenvalue weighted by molar-refractivity contribution is 5.66. The zero-order valence-corrected chi connectivity index (χ0v) is 16.3. The Hall–Kier alpha value is -3.94. The van der Waals surface area contributed by atoms with Crippen LogP contribution in [0.15, 0.2) is 61.1 Å². The Morgan fingerprint density at radius 2 is 1.76 bits per heavy atom. The molecule has 0 saturated heterocycles. The van der Waals surface area contributed by atoms with E-state index in [9.17, 15) is 0 Å². The van der Waals surface area contributed by atoms with E-state index in [-0.39, 0.29) is 0 Å². The molecule has 0 aliphatic heterocycles. The van der Waals surface area contributed by atoms with E-state index >= 15 is 0 Å². The summed E-state index contributed by atoms with van der Waals surface area (Å²) in [5, 5.41) is 9.19. The summed E-state index contributed by atoms with van der Waals surface area (Å²) in [7, 11) is 3.52. The molecule has 0 amide bonds. The normalized spacial score (nSPS) is 11.3. The molecule has 5 aromatic rings. The highest BCUT2D eigenvalue weighted by Crippen LogP contribution is 2.26. The number of fused-ring (bicyclic) bond motifs is 1. The van der Waals surface area contributed by atoms with E-state index in [0.717, 1.165) is 39.9 Å². The van der Waals surface area contributed by atoms with E-state index in [1.54, 1.807) is 11.8 Å². The van der Waals surface area contributed by atoms with E-state index < -0.39 is 0 Å². The molecule has 0 aliphatic carbocycles. The minimum Gasteiger partial charge on any atom is -0.497 e. The van der Waals surface area contributed by atoms with Crippen LogP contribution in [0.5, 0.6) is 5.75 Å². The maximum atomic E-state index is 5.28. The van der Waals surface area contributed by atoms with Crippen LogP contribution >= 0.6 is 0 Å². The van der Waals surface area contributed by atoms with E-state index in [4.69, 9.17) is 14.8 Å². The Kier molecular flexibility index (Phi) is 3.90. The molecule has 0 atom stereocenters. The van der Waals surface area contributed by atoms with Gasteiger partial charge in [-0.05, 0) is 49.4 Å². The van der Waals surface area contributed by atoms with Crippen molar-refractivity contribution in [2.75, 3.05) is 7.11 Å². The van der Waals surface area contributed by atoms with Crippen LogP contribution in [-0.4, -0.2) is 41.0 Å². The Morgan fingerprint density at radius 3 is 2.48 bits per heavy atom. The first-order chi connectivity index (χ1) is 14.1. The highest BCUT2D eigenvalue weighted by atomic mass is 16.5. The second-order valence-corrected chi connectivity index (χ2v) is 6.81. The maximum Gasteiger partial charge on any atom is 0.202 e. The zero-order chi connectivity index (χ0) is 20.0. The molecule has 4 heterocycles. The Balaban J connectivity index is 1.69. The Labute approximate surface area is 167 Å². The van der Waals surface area contributed by atoms with Crippen LogP contribution in [0.2, 0.25) is 0 Å². The molecule has 1 aromatic carbocycles. The van der Waals surface area contributed by atoms with E-state index in [0.29, 0.717) is 5.82 Å². The second kappa shape index (κ2) is 6.59. The summed E-state index contributed by atoms with van der Waals surface area (Å²) in [6.45, 7) is 1.98. The van der Waals surface area contributed by atoms with Crippen LogP contribution in [0, 0.1) is 6.92 Å². The highest BCUT2D eigenvalue weighted by Gasteiger charge is 2.17. The van der Waals surface area contributed by atoms with Crippen molar-refractivity contribution in [2.24, 2.45) is 7.05 Å². The third-order valence-electron chi connectivity index (χ3n) is 4.71. The molecule has 8 nitrogen and oxygen atoms in total. The summed E-state index contributed by atoms with van der Waals surface area (Å²) in [5.41, 5.74) is 4.36. The number of aromatic nitrogens is 7. The predicted molar refractivity (Wildman–Crippen MR) is 109 cm³/mol. The average molecular weight is 385 g/mol. The molecule has 4 aromatic heterocycles. The van der Waals surface area contributed by atoms with Gasteiger partial charge in [-0.1, -0.05) is 0 Å². The van der Waals surface area contributed by atoms with Gasteiger partial charge in [-0.2, -0.15) is 5.10 Å². The van der Waals surface area contributed by atoms with Crippen LogP contribution in [0.1, 0.15) is 5.69 Å². The summed E-state index contributed by atoms with van der Waals surface area (Å²) in [6, 6.07) is 13.7. The van der Waals surface area contributed by atoms with Gasteiger partial charge in [-0.25, -0.2) is 14.6 Å². The minimum absolute atomic E-state index is 0.566. The van der Waals surface area contributed by atoms with Crippen molar-refractivity contribution in [3.8, 4) is 34.3 Å². The summed E-state index contributed by atoms with van der Waals surface area (Å²) in [6.07, 6.45) is 5.85. The number of imidazole rings is 1. The van der Waals surface area contributed by atoms with Gasteiger partial charge in [0.05, 0.1) is 18.5 Å². The maximum absolute atomic E-state index is 5.28. The first kappa shape index (κ1) is 17.2. The second-order valence-electron chi connectivity index (χ2n) is 6.81. The number of methoxy groups -OCH3 is 1. The molecule has 144 valence electrons. The number of benzene rings is 1. The van der Waals surface area contributed by atoms with E-state index in [1.165, 1.54) is 0 Å². The quantitative estimate of drug-likeness (QED) is 0.474. The van der Waals surface area contributed by atoms with E-state index in [1.807, 2.05) is 84.1 Å². The molecule has 0 aliphatic rings. The number of nitrogens with zero attached hydrogens (tertiary/aromatic N) is 7. The minimum atomic E-state index is 0.566. The number of pyridine rings is 1. The summed E-state index contributed by atoms with van der Waals surface area (Å²) in [5.74, 6) is 2.07. The van der Waals surface area contributed by atoms with Gasteiger partial charge in [-0.3, -0.25) is 4.68 Å². The summed E-state index contributed by atoms with van der Waals surface area (Å²) < 4.78 is 10.8. The molecular formula is C21H19N7O. The monoisotopic (exact) mass is 385 g/mol. The van der Waals surface area contributed by atoms with Crippen LogP contribution < -0.4 is 4.74 Å². The van der Waals surface area contributed by atoms with Crippen molar-refractivity contribution in [1.82, 2.24) is 33.9 Å². The number of aryl methyl sites for hydroxylation is 2. The SMILES string of the molecule is COc1ccc(-n2nc(-c3ccn(C)n3)nc2-c2ccn3cc(C)nc3c2)cc1. The molecular weight excluding hydrogens is 366 g/mol. The fourth-order valence-electron chi connectivity index (χ4n) is 3.29. The van der Waals surface area contributed by atoms with Crippen LogP contribution in [0.4, 0.5) is 0 Å². The van der Waals surface area contributed by atoms with Gasteiger partial charge in [0.15, 0.2) is 5.82 Å². The van der Waals surface area contributed by atoms with Crippen LogP contribution in [-0.2, 0) is 7.05 Å². The van der Waals surface area contributed by atoms with Crippen molar-refractivity contribution in [3.63, 3.8) is 0 Å². The molecule has 29 heavy (non-hydrogen) atoms. The topological polar surface area (TPSA) is 75.1 Å². The fourth-order valence-corrected chi connectivity index (χ4v) is 3.29. The van der Waals surface area contributed by atoms with Gasteiger partial charge in [0, 0.05) is 31.2 Å². The fraction of sp³-hybridized carbons (Fsp3) is 0.143. The lowest BCUT2D eigenvalue weighted by atomic mass is 10.2. The lowest BCUT2D eigenvalue weighted by Gasteiger charge is -2.07. The van der Waals surface area contributed by atoms with Gasteiger partial charge >= 0.3 is 0 Å². The lowest BCUT2D eigenvalue weighted by molar-refractivity contribution is 0.414. The van der Waals surface area contributed by atoms with Crippen molar-refractivity contribution >= 4 is 5.65 Å². The Morgan fingerprint density at radius 1 is 0.931 bits per heavy atom. The van der Waals surface area contributed by atoms with Gasteiger partial charge in [-0.15, -0.1) is 5.10 Å². The standard InChI is InChI=1S/C21H19N7O/c1-14-13-27-11-8-15(12-19(27)22-14)21-23-20(18-9-10-26(2)24-18)25-28(21)16-4-6-17(29-3)7-5-16/h4-13H,1-3H3. The Bertz CT molecular complexity index is 1310. The molecule has 0 radical (unpaired) electrons. The van der Waals surface area contributed by atoms with Crippen molar-refractivity contribution < 1.29 is 4.74 Å². The van der Waals surface area contributed by atoms with Crippen molar-refractivity contribution in [3.05, 3.63) is 66.7 Å². The number of rotatable bonds is 4. The molecule has 5 rings (SSSR count). The zero-order valence-electron chi connectivity index (χ0n) is 16.3. The van der Waals surface area contributed by atoms with Gasteiger partial charge in [0.2, 0.25) is 5.82 Å². The molecule has 8 heteroatoms. The molecule has 0 spiro atoms. The first-order valence-electron chi connectivity index (χ1n) is 9.18. The molecule has 0 bridgehead atoms. The van der Waals surface area contributed by atoms with Crippen molar-refractivity contribution in [2.45, 2.75) is 6.92 Å². The summed E-state index contributed by atoms with van der Waals surface area (Å²) >= 11 is 0. The average Bonchev–Trinajstić information content (AvgIpc) is 3.44. The lowest BCUT2D eigenvalue weighted by Crippen LogP contribution is -2.00. The van der Waals surface area contributed by atoms with Gasteiger partial charge < -0.3 is 9.14 Å². The summed E-state index contributed by atoms with van der Waals surface area (Å²) in [4.78, 5) is 9.37. The molecule has 0 unspecified atom stereocenters. The third kappa shape index (κ3) is 3.04. The molecule has 0 fully saturated rings. The molecule has 0 N–H and O–H groups in total. The van der Waals surface area contributed by atoms with Crippen LogP contribution in [0.25, 0.3) is 34.2 Å². The smallest absolute Gasteiger partial charge is 0.202 e. The number of hydrogen-bond donors (Lipinski definition) is 0.